The van der Waals surface area contributed by atoms with Gasteiger partial charge in [0.05, 0.1) is 10.1 Å². The van der Waals surface area contributed by atoms with Gasteiger partial charge in [0.25, 0.3) is 0 Å². The summed E-state index contributed by atoms with van der Waals surface area (Å²) in [4.78, 5) is 0. The number of nitrogens with zero attached hydrogens (tertiary/aromatic N) is 1. The lowest BCUT2D eigenvalue weighted by Gasteiger charge is -1.75. The van der Waals surface area contributed by atoms with Gasteiger partial charge in [0.15, 0.2) is 0 Å². The molecule has 0 saturated heterocycles. The van der Waals surface area contributed by atoms with Crippen LogP contribution in [0.15, 0.2) is 10.6 Å². The summed E-state index contributed by atoms with van der Waals surface area (Å²) in [6.07, 6.45) is 0. The summed E-state index contributed by atoms with van der Waals surface area (Å²) in [6, 6.07) is 1.94. The zero-order chi connectivity index (χ0) is 5.98. The first kappa shape index (κ1) is 6.07. The normalized spacial score (nSPS) is 9.75. The van der Waals surface area contributed by atoms with Crippen molar-refractivity contribution in [1.82, 2.24) is 5.16 Å². The molecule has 0 atom stereocenters. The number of alkyl halides is 1. The van der Waals surface area contributed by atoms with Crippen molar-refractivity contribution in [3.8, 4) is 0 Å². The second-order valence-corrected chi connectivity index (χ2v) is 2.33. The van der Waals surface area contributed by atoms with Crippen LogP contribution in [0.5, 0.6) is 0 Å². The smallest absolute Gasteiger partial charge is 0.146 e. The van der Waals surface area contributed by atoms with Gasteiger partial charge in [0.2, 0.25) is 0 Å². The van der Waals surface area contributed by atoms with Crippen LogP contribution in [0.4, 0.5) is 0 Å². The van der Waals surface area contributed by atoms with Gasteiger partial charge < -0.3 is 4.52 Å². The molecule has 0 aliphatic rings. The number of aryl methyl sites for hydroxylation is 1. The molecule has 0 spiro atoms. The van der Waals surface area contributed by atoms with Gasteiger partial charge in [-0.05, 0) is 6.92 Å². The summed E-state index contributed by atoms with van der Waals surface area (Å²) < 4.78 is 5.76. The Morgan fingerprint density at radius 3 is 2.88 bits per heavy atom. The van der Waals surface area contributed by atoms with Crippen molar-refractivity contribution >= 4 is 22.6 Å². The third kappa shape index (κ3) is 1.21. The Bertz CT molecular complexity index is 173. The molecule has 0 aliphatic heterocycles. The number of hydrogen-bond donors (Lipinski definition) is 0. The maximum Gasteiger partial charge on any atom is 0.146 e. The molecule has 1 rings (SSSR count). The molecule has 0 unspecified atom stereocenters. The van der Waals surface area contributed by atoms with Crippen molar-refractivity contribution in [2.24, 2.45) is 0 Å². The van der Waals surface area contributed by atoms with Crippen molar-refractivity contribution < 1.29 is 4.52 Å². The van der Waals surface area contributed by atoms with Crippen LogP contribution in [-0.4, -0.2) is 5.16 Å². The van der Waals surface area contributed by atoms with Gasteiger partial charge in [-0.25, -0.2) is 0 Å². The highest BCUT2D eigenvalue weighted by Crippen LogP contribution is 2.05. The highest BCUT2D eigenvalue weighted by Gasteiger charge is 1.94. The van der Waals surface area contributed by atoms with E-state index in [0.29, 0.717) is 0 Å². The summed E-state index contributed by atoms with van der Waals surface area (Å²) in [5.74, 6) is 0.947. The number of rotatable bonds is 1. The fourth-order valence-electron chi connectivity index (χ4n) is 0.479. The maximum absolute atomic E-state index is 4.86. The minimum absolute atomic E-state index is 0.901. The zero-order valence-corrected chi connectivity index (χ0v) is 6.68. The van der Waals surface area contributed by atoms with E-state index in [4.69, 9.17) is 4.52 Å². The number of halogens is 1. The first-order valence-electron chi connectivity index (χ1n) is 2.31. The lowest BCUT2D eigenvalue weighted by Crippen LogP contribution is -1.63. The van der Waals surface area contributed by atoms with Crippen LogP contribution in [0.25, 0.3) is 0 Å². The van der Waals surface area contributed by atoms with Gasteiger partial charge >= 0.3 is 0 Å². The van der Waals surface area contributed by atoms with Crippen LogP contribution in [-0.2, 0) is 4.43 Å². The SMILES string of the molecule is Cc1cc(CI)on1. The molecule has 1 aromatic heterocycles. The van der Waals surface area contributed by atoms with Crippen LogP contribution in [0.3, 0.4) is 0 Å². The van der Waals surface area contributed by atoms with E-state index in [-0.39, 0.29) is 0 Å². The third-order valence-electron chi connectivity index (χ3n) is 0.808. The average molecular weight is 223 g/mol. The summed E-state index contributed by atoms with van der Waals surface area (Å²) >= 11 is 2.23. The Hall–Kier alpha value is -0.0600. The van der Waals surface area contributed by atoms with Crippen LogP contribution in [0.2, 0.25) is 0 Å². The van der Waals surface area contributed by atoms with Crippen molar-refractivity contribution in [3.63, 3.8) is 0 Å². The van der Waals surface area contributed by atoms with Gasteiger partial charge in [-0.2, -0.15) is 0 Å². The van der Waals surface area contributed by atoms with Crippen LogP contribution >= 0.6 is 22.6 Å². The quantitative estimate of drug-likeness (QED) is 0.536. The Labute approximate surface area is 61.4 Å². The first-order chi connectivity index (χ1) is 3.83. The Morgan fingerprint density at radius 1 is 1.88 bits per heavy atom. The van der Waals surface area contributed by atoms with Gasteiger partial charge in [-0.3, -0.25) is 0 Å². The van der Waals surface area contributed by atoms with Crippen LogP contribution in [0, 0.1) is 6.92 Å². The summed E-state index contributed by atoms with van der Waals surface area (Å²) in [6.45, 7) is 1.92. The molecule has 0 aromatic carbocycles. The van der Waals surface area contributed by atoms with Gasteiger partial charge in [0.1, 0.15) is 5.76 Å². The van der Waals surface area contributed by atoms with E-state index in [0.717, 1.165) is 15.9 Å². The largest absolute Gasteiger partial charge is 0.360 e. The molecule has 0 fully saturated rings. The zero-order valence-electron chi connectivity index (χ0n) is 4.52. The predicted molar refractivity (Wildman–Crippen MR) is 39.0 cm³/mol. The van der Waals surface area contributed by atoms with E-state index < -0.39 is 0 Å². The van der Waals surface area contributed by atoms with Crippen LogP contribution in [0.1, 0.15) is 11.5 Å². The van der Waals surface area contributed by atoms with Gasteiger partial charge in [-0.15, -0.1) is 0 Å². The molecule has 1 heterocycles. The minimum Gasteiger partial charge on any atom is -0.360 e. The summed E-state index contributed by atoms with van der Waals surface area (Å²) in [5.41, 5.74) is 0.955. The molecule has 2 nitrogen and oxygen atoms in total. The molecule has 0 N–H and O–H groups in total. The van der Waals surface area contributed by atoms with E-state index in [9.17, 15) is 0 Å². The molecule has 0 bridgehead atoms. The molecule has 0 radical (unpaired) electrons. The molecule has 0 amide bonds. The van der Waals surface area contributed by atoms with Gasteiger partial charge in [-0.1, -0.05) is 27.7 Å². The fourth-order valence-corrected chi connectivity index (χ4v) is 0.839. The van der Waals surface area contributed by atoms with E-state index in [1.54, 1.807) is 0 Å². The third-order valence-corrected chi connectivity index (χ3v) is 1.56. The molecule has 0 saturated carbocycles. The molecular formula is C5H6INO. The van der Waals surface area contributed by atoms with E-state index >= 15 is 0 Å². The predicted octanol–water partition coefficient (Wildman–Crippen LogP) is 1.92. The second-order valence-electron chi connectivity index (χ2n) is 1.57. The van der Waals surface area contributed by atoms with Crippen molar-refractivity contribution in [2.75, 3.05) is 0 Å². The lowest BCUT2D eigenvalue weighted by molar-refractivity contribution is 0.392. The van der Waals surface area contributed by atoms with Crippen molar-refractivity contribution in [3.05, 3.63) is 17.5 Å². The molecule has 8 heavy (non-hydrogen) atoms. The van der Waals surface area contributed by atoms with Crippen molar-refractivity contribution in [2.45, 2.75) is 11.4 Å². The first-order valence-corrected chi connectivity index (χ1v) is 3.83. The molecular weight excluding hydrogens is 217 g/mol. The minimum atomic E-state index is 0.901. The number of hydrogen-bond acceptors (Lipinski definition) is 2. The van der Waals surface area contributed by atoms with E-state index in [1.165, 1.54) is 0 Å². The van der Waals surface area contributed by atoms with Crippen molar-refractivity contribution in [1.29, 1.82) is 0 Å². The fraction of sp³-hybridized carbons (Fsp3) is 0.400. The lowest BCUT2D eigenvalue weighted by atomic mass is 10.4. The number of aromatic nitrogens is 1. The molecule has 3 heteroatoms. The highest BCUT2D eigenvalue weighted by atomic mass is 127. The maximum atomic E-state index is 4.86. The molecule has 44 valence electrons. The Kier molecular flexibility index (Phi) is 1.88. The second kappa shape index (κ2) is 2.48. The Balaban J connectivity index is 2.84. The average Bonchev–Trinajstić information content (AvgIpc) is 2.14. The molecule has 0 aliphatic carbocycles. The highest BCUT2D eigenvalue weighted by molar-refractivity contribution is 14.1. The van der Waals surface area contributed by atoms with Crippen LogP contribution < -0.4 is 0 Å². The standard InChI is InChI=1S/C5H6INO/c1-4-2-5(3-6)8-7-4/h2H,3H2,1H3. The monoisotopic (exact) mass is 223 g/mol. The topological polar surface area (TPSA) is 26.0 Å². The Morgan fingerprint density at radius 2 is 2.62 bits per heavy atom. The molecule has 1 aromatic rings. The van der Waals surface area contributed by atoms with E-state index in [1.807, 2.05) is 13.0 Å². The van der Waals surface area contributed by atoms with E-state index in [2.05, 4.69) is 27.7 Å². The summed E-state index contributed by atoms with van der Waals surface area (Å²) in [5, 5.41) is 3.71. The van der Waals surface area contributed by atoms with Gasteiger partial charge in [0, 0.05) is 6.07 Å². The summed E-state index contributed by atoms with van der Waals surface area (Å²) in [7, 11) is 0.